The van der Waals surface area contributed by atoms with Crippen LogP contribution in [0.5, 0.6) is 0 Å². The van der Waals surface area contributed by atoms with Crippen LogP contribution in [0.25, 0.3) is 5.52 Å². The number of hydrogen-bond donors (Lipinski definition) is 0. The molecule has 0 radical (unpaired) electrons. The van der Waals surface area contributed by atoms with E-state index >= 15 is 0 Å². The first-order chi connectivity index (χ1) is 13.5. The van der Waals surface area contributed by atoms with Crippen LogP contribution in [0.15, 0.2) is 29.5 Å². The van der Waals surface area contributed by atoms with Crippen molar-refractivity contribution < 1.29 is 0 Å². The molecular formula is C22H28N6. The maximum absolute atomic E-state index is 4.63. The molecule has 1 saturated heterocycles. The minimum absolute atomic E-state index is 0.613. The van der Waals surface area contributed by atoms with E-state index in [2.05, 4.69) is 51.9 Å². The monoisotopic (exact) mass is 376 g/mol. The summed E-state index contributed by atoms with van der Waals surface area (Å²) in [7, 11) is 2.19. The lowest BCUT2D eigenvalue weighted by Gasteiger charge is -2.29. The molecule has 0 saturated carbocycles. The minimum atomic E-state index is 0.613. The molecule has 0 spiro atoms. The molecule has 1 aliphatic rings. The molecule has 0 aromatic carbocycles. The lowest BCUT2D eigenvalue weighted by atomic mass is 9.90. The van der Waals surface area contributed by atoms with Crippen molar-refractivity contribution in [2.24, 2.45) is 4.99 Å². The fraction of sp³-hybridized carbons (Fsp3) is 0.455. The zero-order chi connectivity index (χ0) is 19.7. The topological polar surface area (TPSA) is 58.7 Å². The third kappa shape index (κ3) is 3.83. The Balaban J connectivity index is 1.55. The van der Waals surface area contributed by atoms with Gasteiger partial charge in [0.15, 0.2) is 5.82 Å². The van der Waals surface area contributed by atoms with Crippen LogP contribution < -0.4 is 0 Å². The summed E-state index contributed by atoms with van der Waals surface area (Å²) in [6.45, 7) is 8.51. The first-order valence-corrected chi connectivity index (χ1v) is 10.1. The zero-order valence-corrected chi connectivity index (χ0v) is 17.2. The lowest BCUT2D eigenvalue weighted by molar-refractivity contribution is 0.255. The summed E-state index contributed by atoms with van der Waals surface area (Å²) in [5.41, 5.74) is 6.34. The number of aromatic nitrogens is 4. The van der Waals surface area contributed by atoms with Crippen molar-refractivity contribution in [3.63, 3.8) is 0 Å². The summed E-state index contributed by atoms with van der Waals surface area (Å²) >= 11 is 0. The molecule has 0 unspecified atom stereocenters. The van der Waals surface area contributed by atoms with Crippen LogP contribution in [0.1, 0.15) is 53.9 Å². The van der Waals surface area contributed by atoms with Crippen LogP contribution >= 0.6 is 0 Å². The summed E-state index contributed by atoms with van der Waals surface area (Å²) in [5, 5.41) is 4.62. The number of nitrogens with zero attached hydrogens (tertiary/aromatic N) is 6. The number of aliphatic imine (C=N–C) groups is 1. The van der Waals surface area contributed by atoms with Gasteiger partial charge in [-0.1, -0.05) is 13.0 Å². The lowest BCUT2D eigenvalue weighted by Crippen LogP contribution is -2.29. The Labute approximate surface area is 166 Å². The zero-order valence-electron chi connectivity index (χ0n) is 17.2. The highest BCUT2D eigenvalue weighted by molar-refractivity contribution is 5.82. The van der Waals surface area contributed by atoms with Gasteiger partial charge in [-0.2, -0.15) is 5.10 Å². The van der Waals surface area contributed by atoms with Gasteiger partial charge in [0.2, 0.25) is 0 Å². The van der Waals surface area contributed by atoms with E-state index in [1.165, 1.54) is 18.4 Å². The van der Waals surface area contributed by atoms with Crippen molar-refractivity contribution in [1.82, 2.24) is 24.5 Å². The molecule has 0 bridgehead atoms. The molecule has 28 heavy (non-hydrogen) atoms. The van der Waals surface area contributed by atoms with E-state index < -0.39 is 0 Å². The van der Waals surface area contributed by atoms with Gasteiger partial charge in [-0.05, 0) is 76.4 Å². The molecule has 3 aromatic heterocycles. The van der Waals surface area contributed by atoms with Crippen molar-refractivity contribution in [3.8, 4) is 0 Å². The number of likely N-dealkylation sites (tertiary alicyclic amines) is 1. The van der Waals surface area contributed by atoms with E-state index in [4.69, 9.17) is 0 Å². The predicted octanol–water partition coefficient (Wildman–Crippen LogP) is 3.86. The summed E-state index contributed by atoms with van der Waals surface area (Å²) in [4.78, 5) is 16.2. The number of hydrogen-bond acceptors (Lipinski definition) is 5. The van der Waals surface area contributed by atoms with E-state index in [9.17, 15) is 0 Å². The maximum Gasteiger partial charge on any atom is 0.154 e. The minimum Gasteiger partial charge on any atom is -0.306 e. The normalized spacial score (nSPS) is 16.4. The van der Waals surface area contributed by atoms with Crippen molar-refractivity contribution in [2.45, 2.75) is 46.0 Å². The molecule has 0 atom stereocenters. The van der Waals surface area contributed by atoms with Gasteiger partial charge in [0, 0.05) is 6.20 Å². The van der Waals surface area contributed by atoms with Crippen LogP contribution in [-0.4, -0.2) is 50.8 Å². The van der Waals surface area contributed by atoms with Gasteiger partial charge < -0.3 is 4.90 Å². The average Bonchev–Trinajstić information content (AvgIpc) is 3.09. The van der Waals surface area contributed by atoms with Gasteiger partial charge >= 0.3 is 0 Å². The van der Waals surface area contributed by atoms with Gasteiger partial charge in [0.25, 0.3) is 0 Å². The van der Waals surface area contributed by atoms with Crippen LogP contribution in [0, 0.1) is 13.8 Å². The van der Waals surface area contributed by atoms with Gasteiger partial charge in [0.05, 0.1) is 29.3 Å². The summed E-state index contributed by atoms with van der Waals surface area (Å²) < 4.78 is 1.89. The van der Waals surface area contributed by atoms with Crippen LogP contribution in [-0.2, 0) is 6.42 Å². The molecular weight excluding hydrogens is 348 g/mol. The Morgan fingerprint density at radius 2 is 2.00 bits per heavy atom. The third-order valence-corrected chi connectivity index (χ3v) is 5.59. The van der Waals surface area contributed by atoms with Crippen molar-refractivity contribution >= 4 is 17.5 Å². The molecule has 3 aromatic rings. The predicted molar refractivity (Wildman–Crippen MR) is 113 cm³/mol. The summed E-state index contributed by atoms with van der Waals surface area (Å²) in [6, 6.07) is 4.29. The largest absolute Gasteiger partial charge is 0.306 e. The molecule has 1 aliphatic heterocycles. The van der Waals surface area contributed by atoms with Gasteiger partial charge in [0.1, 0.15) is 5.69 Å². The molecule has 1 fully saturated rings. The maximum atomic E-state index is 4.63. The number of piperidine rings is 1. The van der Waals surface area contributed by atoms with Crippen molar-refractivity contribution in [2.75, 3.05) is 20.1 Å². The molecule has 6 nitrogen and oxygen atoms in total. The highest BCUT2D eigenvalue weighted by atomic mass is 15.2. The Morgan fingerprint density at radius 1 is 1.21 bits per heavy atom. The van der Waals surface area contributed by atoms with E-state index in [0.717, 1.165) is 53.5 Å². The van der Waals surface area contributed by atoms with Crippen LogP contribution in [0.3, 0.4) is 0 Å². The second-order valence-electron chi connectivity index (χ2n) is 7.83. The standard InChI is InChI=1S/C22H28N6/c1-5-20-21-11-19(26-28(21)14-16(3)25-20)13-24-22-15(2)10-18(12-23-22)17-6-8-27(4)9-7-17/h10-14,17H,5-9H2,1-4H3/b24-13+. The number of aryl methyl sites for hydroxylation is 3. The van der Waals surface area contributed by atoms with E-state index in [-0.39, 0.29) is 0 Å². The molecule has 0 aliphatic carbocycles. The van der Waals surface area contributed by atoms with E-state index in [1.54, 1.807) is 6.21 Å². The van der Waals surface area contributed by atoms with Gasteiger partial charge in [-0.3, -0.25) is 4.98 Å². The first kappa shape index (κ1) is 18.7. The molecule has 4 rings (SSSR count). The summed E-state index contributed by atoms with van der Waals surface area (Å²) in [6.07, 6.45) is 9.04. The Bertz CT molecular complexity index is 1010. The first-order valence-electron chi connectivity index (χ1n) is 10.1. The molecule has 0 N–H and O–H groups in total. The Hall–Kier alpha value is -2.60. The SMILES string of the molecule is CCc1nc(C)cn2nc(/C=N/c3ncc(C4CCN(C)CC4)cc3C)cc12. The molecule has 6 heteroatoms. The molecule has 146 valence electrons. The molecule has 4 heterocycles. The smallest absolute Gasteiger partial charge is 0.154 e. The second-order valence-corrected chi connectivity index (χ2v) is 7.83. The van der Waals surface area contributed by atoms with Crippen molar-refractivity contribution in [1.29, 1.82) is 0 Å². The fourth-order valence-corrected chi connectivity index (χ4v) is 3.94. The number of rotatable bonds is 4. The van der Waals surface area contributed by atoms with Crippen molar-refractivity contribution in [3.05, 3.63) is 52.7 Å². The Kier molecular flexibility index (Phi) is 5.22. The second kappa shape index (κ2) is 7.80. The summed E-state index contributed by atoms with van der Waals surface area (Å²) in [5.74, 6) is 1.38. The quantitative estimate of drug-likeness (QED) is 0.649. The van der Waals surface area contributed by atoms with E-state index in [1.807, 2.05) is 29.9 Å². The fourth-order valence-electron chi connectivity index (χ4n) is 3.94. The van der Waals surface area contributed by atoms with Crippen LogP contribution in [0.4, 0.5) is 5.82 Å². The van der Waals surface area contributed by atoms with E-state index in [0.29, 0.717) is 5.92 Å². The van der Waals surface area contributed by atoms with Crippen LogP contribution in [0.2, 0.25) is 0 Å². The Morgan fingerprint density at radius 3 is 2.71 bits per heavy atom. The van der Waals surface area contributed by atoms with Gasteiger partial charge in [-0.15, -0.1) is 0 Å². The molecule has 0 amide bonds. The third-order valence-electron chi connectivity index (χ3n) is 5.59. The highest BCUT2D eigenvalue weighted by Gasteiger charge is 2.19. The number of pyridine rings is 1. The van der Waals surface area contributed by atoms with Gasteiger partial charge in [-0.25, -0.2) is 14.5 Å². The average molecular weight is 377 g/mol. The highest BCUT2D eigenvalue weighted by Crippen LogP contribution is 2.29. The number of fused-ring (bicyclic) bond motifs is 1.